The molecule has 130 valence electrons. The van der Waals surface area contributed by atoms with Crippen molar-refractivity contribution in [1.29, 1.82) is 0 Å². The van der Waals surface area contributed by atoms with Gasteiger partial charge in [-0.25, -0.2) is 4.98 Å². The molecular weight excluding hydrogens is 338 g/mol. The number of aromatic amines is 1. The highest BCUT2D eigenvalue weighted by atomic mass is 32.2. The van der Waals surface area contributed by atoms with E-state index in [4.69, 9.17) is 0 Å². The Balaban J connectivity index is 1.66. The standard InChI is InChI=1S/C18H19N3O3S/c1-11(22)12-6-2-4-8-14(12)19-16(23)10-25-18-20-15-9-5-3-7-13(15)17(24)21-18/h2,4,6,8H,3,5,7,9-10H2,1H3,(H,19,23)(H,20,21,24). The van der Waals surface area contributed by atoms with Gasteiger partial charge in [-0.1, -0.05) is 23.9 Å². The number of ketones is 1. The molecule has 1 aromatic carbocycles. The highest BCUT2D eigenvalue weighted by Crippen LogP contribution is 2.20. The number of aromatic nitrogens is 2. The van der Waals surface area contributed by atoms with E-state index in [0.29, 0.717) is 16.4 Å². The quantitative estimate of drug-likeness (QED) is 0.487. The number of carbonyl (C=O) groups is 2. The molecule has 0 fully saturated rings. The molecule has 1 amide bonds. The Morgan fingerprint density at radius 3 is 2.80 bits per heavy atom. The highest BCUT2D eigenvalue weighted by Gasteiger charge is 2.16. The first kappa shape index (κ1) is 17.4. The maximum atomic E-state index is 12.2. The van der Waals surface area contributed by atoms with E-state index >= 15 is 0 Å². The summed E-state index contributed by atoms with van der Waals surface area (Å²) in [7, 11) is 0. The van der Waals surface area contributed by atoms with Crippen molar-refractivity contribution < 1.29 is 9.59 Å². The lowest BCUT2D eigenvalue weighted by Gasteiger charge is -2.14. The number of aryl methyl sites for hydroxylation is 1. The summed E-state index contributed by atoms with van der Waals surface area (Å²) in [6.45, 7) is 1.46. The SMILES string of the molecule is CC(=O)c1ccccc1NC(=O)CSc1nc2c(c(=O)[nH]1)CCCC2. The van der Waals surface area contributed by atoms with Gasteiger partial charge in [-0.05, 0) is 44.7 Å². The van der Waals surface area contributed by atoms with E-state index in [2.05, 4.69) is 15.3 Å². The fraction of sp³-hybridized carbons (Fsp3) is 0.333. The van der Waals surface area contributed by atoms with Crippen LogP contribution in [-0.4, -0.2) is 27.4 Å². The first-order valence-electron chi connectivity index (χ1n) is 8.19. The average molecular weight is 357 g/mol. The molecule has 1 heterocycles. The molecule has 2 aromatic rings. The number of benzene rings is 1. The van der Waals surface area contributed by atoms with Crippen LogP contribution in [0.1, 0.15) is 41.4 Å². The number of carbonyl (C=O) groups excluding carboxylic acids is 2. The topological polar surface area (TPSA) is 91.9 Å². The Labute approximate surface area is 149 Å². The number of nitrogens with zero attached hydrogens (tertiary/aromatic N) is 1. The summed E-state index contributed by atoms with van der Waals surface area (Å²) in [4.78, 5) is 43.1. The van der Waals surface area contributed by atoms with Gasteiger partial charge in [-0.3, -0.25) is 14.4 Å². The highest BCUT2D eigenvalue weighted by molar-refractivity contribution is 7.99. The molecule has 1 aliphatic carbocycles. The number of para-hydroxylation sites is 1. The van der Waals surface area contributed by atoms with Crippen molar-refractivity contribution >= 4 is 29.1 Å². The minimum atomic E-state index is -0.251. The second kappa shape index (κ2) is 7.65. The number of nitrogens with one attached hydrogen (secondary N) is 2. The molecule has 6 nitrogen and oxygen atoms in total. The number of fused-ring (bicyclic) bond motifs is 1. The fourth-order valence-corrected chi connectivity index (χ4v) is 3.55. The van der Waals surface area contributed by atoms with Crippen molar-refractivity contribution in [3.05, 3.63) is 51.4 Å². The number of Topliss-reactive ketones (excluding diaryl/α,β-unsaturated/α-hetero) is 1. The lowest BCUT2D eigenvalue weighted by molar-refractivity contribution is -0.113. The van der Waals surface area contributed by atoms with Crippen molar-refractivity contribution in [3.63, 3.8) is 0 Å². The monoisotopic (exact) mass is 357 g/mol. The van der Waals surface area contributed by atoms with Gasteiger partial charge in [0.05, 0.1) is 17.1 Å². The zero-order chi connectivity index (χ0) is 17.8. The molecule has 0 atom stereocenters. The van der Waals surface area contributed by atoms with Crippen LogP contribution in [0.3, 0.4) is 0 Å². The van der Waals surface area contributed by atoms with Crippen molar-refractivity contribution in [3.8, 4) is 0 Å². The molecule has 3 rings (SSSR count). The molecule has 0 spiro atoms. The van der Waals surface area contributed by atoms with E-state index < -0.39 is 0 Å². The van der Waals surface area contributed by atoms with Crippen LogP contribution in [0.15, 0.2) is 34.2 Å². The Morgan fingerprint density at radius 2 is 2.00 bits per heavy atom. The predicted molar refractivity (Wildman–Crippen MR) is 97.3 cm³/mol. The number of thioether (sulfide) groups is 1. The minimum Gasteiger partial charge on any atom is -0.325 e. The van der Waals surface area contributed by atoms with Crippen LogP contribution >= 0.6 is 11.8 Å². The molecule has 1 aromatic heterocycles. The van der Waals surface area contributed by atoms with Crippen LogP contribution < -0.4 is 10.9 Å². The van der Waals surface area contributed by atoms with Gasteiger partial charge < -0.3 is 10.3 Å². The van der Waals surface area contributed by atoms with Gasteiger partial charge in [0, 0.05) is 11.1 Å². The van der Waals surface area contributed by atoms with Gasteiger partial charge in [-0.2, -0.15) is 0 Å². The molecule has 0 radical (unpaired) electrons. The average Bonchev–Trinajstić information content (AvgIpc) is 2.60. The first-order chi connectivity index (χ1) is 12.0. The van der Waals surface area contributed by atoms with Crippen molar-refractivity contribution in [2.24, 2.45) is 0 Å². The molecular formula is C18H19N3O3S. The van der Waals surface area contributed by atoms with Crippen LogP contribution in [0.25, 0.3) is 0 Å². The number of amides is 1. The van der Waals surface area contributed by atoms with Crippen molar-refractivity contribution in [1.82, 2.24) is 9.97 Å². The molecule has 0 unspecified atom stereocenters. The lowest BCUT2D eigenvalue weighted by Crippen LogP contribution is -2.22. The molecule has 1 aliphatic rings. The minimum absolute atomic E-state index is 0.102. The van der Waals surface area contributed by atoms with Crippen LogP contribution in [0.4, 0.5) is 5.69 Å². The second-order valence-electron chi connectivity index (χ2n) is 5.94. The Kier molecular flexibility index (Phi) is 5.33. The van der Waals surface area contributed by atoms with Crippen molar-refractivity contribution in [2.75, 3.05) is 11.1 Å². The smallest absolute Gasteiger partial charge is 0.254 e. The maximum Gasteiger partial charge on any atom is 0.254 e. The summed E-state index contributed by atoms with van der Waals surface area (Å²) in [5, 5.41) is 3.20. The lowest BCUT2D eigenvalue weighted by atomic mass is 9.97. The van der Waals surface area contributed by atoms with Crippen LogP contribution in [0.5, 0.6) is 0 Å². The third-order valence-electron chi connectivity index (χ3n) is 4.09. The number of rotatable bonds is 5. The van der Waals surface area contributed by atoms with Crippen LogP contribution in [-0.2, 0) is 17.6 Å². The van der Waals surface area contributed by atoms with Gasteiger partial charge in [0.15, 0.2) is 10.9 Å². The van der Waals surface area contributed by atoms with E-state index in [1.807, 2.05) is 0 Å². The predicted octanol–water partition coefficient (Wildman–Crippen LogP) is 2.58. The first-order valence-corrected chi connectivity index (χ1v) is 9.18. The summed E-state index contributed by atoms with van der Waals surface area (Å²) in [6.07, 6.45) is 3.63. The van der Waals surface area contributed by atoms with E-state index in [1.165, 1.54) is 18.7 Å². The van der Waals surface area contributed by atoms with E-state index in [9.17, 15) is 14.4 Å². The Morgan fingerprint density at radius 1 is 1.24 bits per heavy atom. The second-order valence-corrected chi connectivity index (χ2v) is 6.91. The normalized spacial score (nSPS) is 13.2. The zero-order valence-electron chi connectivity index (χ0n) is 13.9. The number of anilines is 1. The largest absolute Gasteiger partial charge is 0.325 e. The molecule has 0 saturated heterocycles. The Bertz CT molecular complexity index is 876. The third-order valence-corrected chi connectivity index (χ3v) is 4.96. The fourth-order valence-electron chi connectivity index (χ4n) is 2.87. The van der Waals surface area contributed by atoms with E-state index in [1.54, 1.807) is 24.3 Å². The zero-order valence-corrected chi connectivity index (χ0v) is 14.7. The molecule has 0 saturated carbocycles. The molecule has 2 N–H and O–H groups in total. The maximum absolute atomic E-state index is 12.2. The molecule has 7 heteroatoms. The summed E-state index contributed by atoms with van der Waals surface area (Å²) >= 11 is 1.19. The molecule has 25 heavy (non-hydrogen) atoms. The van der Waals surface area contributed by atoms with Gasteiger partial charge in [0.25, 0.3) is 5.56 Å². The number of hydrogen-bond donors (Lipinski definition) is 2. The molecule has 0 bridgehead atoms. The molecule has 0 aliphatic heterocycles. The Hall–Kier alpha value is -2.41. The summed E-state index contributed by atoms with van der Waals surface area (Å²) in [5.74, 6) is -0.253. The van der Waals surface area contributed by atoms with Crippen LogP contribution in [0.2, 0.25) is 0 Å². The van der Waals surface area contributed by atoms with E-state index in [0.717, 1.165) is 36.9 Å². The number of hydrogen-bond acceptors (Lipinski definition) is 5. The van der Waals surface area contributed by atoms with Gasteiger partial charge >= 0.3 is 0 Å². The number of H-pyrrole nitrogens is 1. The summed E-state index contributed by atoms with van der Waals surface area (Å²) in [6, 6.07) is 6.88. The van der Waals surface area contributed by atoms with Crippen molar-refractivity contribution in [2.45, 2.75) is 37.8 Å². The summed E-state index contributed by atoms with van der Waals surface area (Å²) in [5.41, 5.74) is 2.48. The van der Waals surface area contributed by atoms with Gasteiger partial charge in [0.1, 0.15) is 0 Å². The van der Waals surface area contributed by atoms with Gasteiger partial charge in [0.2, 0.25) is 5.91 Å². The summed E-state index contributed by atoms with van der Waals surface area (Å²) < 4.78 is 0. The third kappa shape index (κ3) is 4.17. The van der Waals surface area contributed by atoms with Crippen LogP contribution in [0, 0.1) is 0 Å². The van der Waals surface area contributed by atoms with E-state index in [-0.39, 0.29) is 23.0 Å². The van der Waals surface area contributed by atoms with Gasteiger partial charge in [-0.15, -0.1) is 0 Å².